The number of halogens is 2. The van der Waals surface area contributed by atoms with Crippen LogP contribution in [0.25, 0.3) is 10.4 Å². The minimum atomic E-state index is -0.301. The number of thiazole rings is 1. The maximum Gasteiger partial charge on any atom is 0.274 e. The lowest BCUT2D eigenvalue weighted by atomic mass is 10.0. The quantitative estimate of drug-likeness (QED) is 0.550. The molecule has 1 fully saturated rings. The molecule has 2 aromatic heterocycles. The molecule has 4 rings (SSSR count). The minimum Gasteiger partial charge on any atom is -0.352 e. The Kier molecular flexibility index (Phi) is 6.38. The normalized spacial score (nSPS) is 16.5. The van der Waals surface area contributed by atoms with Crippen molar-refractivity contribution in [3.8, 4) is 10.4 Å². The molecule has 1 saturated heterocycles. The summed E-state index contributed by atoms with van der Waals surface area (Å²) in [5.41, 5.74) is 1.25. The lowest BCUT2D eigenvalue weighted by Gasteiger charge is -2.35. The third kappa shape index (κ3) is 4.67. The molecule has 1 aliphatic heterocycles. The van der Waals surface area contributed by atoms with Crippen molar-refractivity contribution >= 4 is 39.1 Å². The summed E-state index contributed by atoms with van der Waals surface area (Å²) >= 11 is 4.78. The van der Waals surface area contributed by atoms with Gasteiger partial charge >= 0.3 is 0 Å². The Labute approximate surface area is 186 Å². The second kappa shape index (κ2) is 9.18. The van der Waals surface area contributed by atoms with Gasteiger partial charge in [0.1, 0.15) is 11.5 Å². The van der Waals surface area contributed by atoms with Gasteiger partial charge in [0.15, 0.2) is 0 Å². The van der Waals surface area contributed by atoms with E-state index in [1.807, 2.05) is 11.8 Å². The van der Waals surface area contributed by atoms with E-state index in [4.69, 9.17) is 0 Å². The van der Waals surface area contributed by atoms with Crippen LogP contribution in [0.4, 0.5) is 10.3 Å². The molecular weight excluding hydrogens is 469 g/mol. The highest BCUT2D eigenvalue weighted by molar-refractivity contribution is 9.10. The zero-order valence-electron chi connectivity index (χ0n) is 16.4. The zero-order valence-corrected chi connectivity index (χ0v) is 18.8. The number of carbonyl (C=O) groups excluding carboxylic acids is 1. The number of benzene rings is 1. The SMILES string of the molecule is Cc1nc(C(=O)N2CCCC[C@H]2CNc2ncc(Br)cn2)c(-c2ccc(F)cc2)s1. The standard InChI is InChI=1S/C21H21BrFN5OS/c1-13-27-18(19(30-13)14-5-7-16(23)8-6-14)20(29)28-9-3-2-4-17(28)12-26-21-24-10-15(22)11-25-21/h5-8,10-11,17H,2-4,9,12H2,1H3,(H,24,25,26)/t17-/m0/s1. The largest absolute Gasteiger partial charge is 0.352 e. The summed E-state index contributed by atoms with van der Waals surface area (Å²) in [6.45, 7) is 3.14. The van der Waals surface area contributed by atoms with E-state index < -0.39 is 0 Å². The monoisotopic (exact) mass is 489 g/mol. The molecule has 0 radical (unpaired) electrons. The highest BCUT2D eigenvalue weighted by atomic mass is 79.9. The number of aryl methyl sites for hydroxylation is 1. The van der Waals surface area contributed by atoms with E-state index in [0.29, 0.717) is 24.7 Å². The summed E-state index contributed by atoms with van der Waals surface area (Å²) in [4.78, 5) is 29.2. The summed E-state index contributed by atoms with van der Waals surface area (Å²) in [5.74, 6) is 0.153. The fourth-order valence-corrected chi connectivity index (χ4v) is 4.72. The number of carbonyl (C=O) groups is 1. The number of amides is 1. The van der Waals surface area contributed by atoms with E-state index in [2.05, 4.69) is 36.2 Å². The summed E-state index contributed by atoms with van der Waals surface area (Å²) in [6, 6.07) is 6.23. The molecule has 1 atom stereocenters. The second-order valence-electron chi connectivity index (χ2n) is 7.17. The molecule has 1 aliphatic rings. The van der Waals surface area contributed by atoms with Crippen LogP contribution in [0.15, 0.2) is 41.1 Å². The van der Waals surface area contributed by atoms with Crippen LogP contribution in [-0.2, 0) is 0 Å². The molecule has 0 unspecified atom stereocenters. The van der Waals surface area contributed by atoms with Gasteiger partial charge in [-0.05, 0) is 59.8 Å². The van der Waals surface area contributed by atoms with Crippen molar-refractivity contribution in [1.82, 2.24) is 19.9 Å². The third-order valence-electron chi connectivity index (χ3n) is 5.05. The Morgan fingerprint density at radius 3 is 2.73 bits per heavy atom. The van der Waals surface area contributed by atoms with Crippen LogP contribution in [-0.4, -0.2) is 44.9 Å². The van der Waals surface area contributed by atoms with Gasteiger partial charge in [-0.3, -0.25) is 4.79 Å². The number of anilines is 1. The van der Waals surface area contributed by atoms with E-state index in [9.17, 15) is 9.18 Å². The molecule has 1 amide bonds. The topological polar surface area (TPSA) is 71.0 Å². The first kappa shape index (κ1) is 20.9. The van der Waals surface area contributed by atoms with Gasteiger partial charge in [0.25, 0.3) is 5.91 Å². The van der Waals surface area contributed by atoms with Gasteiger partial charge in [-0.15, -0.1) is 11.3 Å². The van der Waals surface area contributed by atoms with Gasteiger partial charge in [0.2, 0.25) is 5.95 Å². The molecular formula is C21H21BrFN5OS. The molecule has 0 saturated carbocycles. The molecule has 3 aromatic rings. The number of nitrogens with one attached hydrogen (secondary N) is 1. The van der Waals surface area contributed by atoms with E-state index in [-0.39, 0.29) is 17.8 Å². The molecule has 1 aromatic carbocycles. The Morgan fingerprint density at radius 2 is 2.00 bits per heavy atom. The molecule has 3 heterocycles. The van der Waals surface area contributed by atoms with Crippen molar-refractivity contribution < 1.29 is 9.18 Å². The molecule has 9 heteroatoms. The number of likely N-dealkylation sites (tertiary alicyclic amines) is 1. The van der Waals surface area contributed by atoms with Gasteiger partial charge in [0, 0.05) is 31.5 Å². The van der Waals surface area contributed by atoms with E-state index in [0.717, 1.165) is 39.2 Å². The van der Waals surface area contributed by atoms with Gasteiger partial charge in [-0.1, -0.05) is 12.1 Å². The minimum absolute atomic E-state index is 0.0292. The molecule has 156 valence electrons. The number of hydrogen-bond acceptors (Lipinski definition) is 6. The smallest absolute Gasteiger partial charge is 0.274 e. The van der Waals surface area contributed by atoms with Crippen LogP contribution in [0.3, 0.4) is 0 Å². The summed E-state index contributed by atoms with van der Waals surface area (Å²) < 4.78 is 14.2. The number of rotatable bonds is 5. The highest BCUT2D eigenvalue weighted by Crippen LogP contribution is 2.32. The molecule has 0 aliphatic carbocycles. The maximum absolute atomic E-state index is 13.5. The van der Waals surface area contributed by atoms with Crippen molar-refractivity contribution in [2.45, 2.75) is 32.2 Å². The average Bonchev–Trinajstić information content (AvgIpc) is 3.15. The lowest BCUT2D eigenvalue weighted by molar-refractivity contribution is 0.0623. The van der Waals surface area contributed by atoms with Crippen LogP contribution in [0.2, 0.25) is 0 Å². The Hall–Kier alpha value is -2.39. The Balaban J connectivity index is 1.55. The summed E-state index contributed by atoms with van der Waals surface area (Å²) in [6.07, 6.45) is 6.31. The number of hydrogen-bond donors (Lipinski definition) is 1. The van der Waals surface area contributed by atoms with Crippen LogP contribution < -0.4 is 5.32 Å². The third-order valence-corrected chi connectivity index (χ3v) is 6.48. The van der Waals surface area contributed by atoms with Crippen molar-refractivity contribution in [1.29, 1.82) is 0 Å². The van der Waals surface area contributed by atoms with Crippen LogP contribution in [0, 0.1) is 12.7 Å². The fourth-order valence-electron chi connectivity index (χ4n) is 3.60. The molecule has 6 nitrogen and oxygen atoms in total. The molecule has 30 heavy (non-hydrogen) atoms. The van der Waals surface area contributed by atoms with Crippen LogP contribution in [0.1, 0.15) is 34.8 Å². The molecule has 0 spiro atoms. The van der Waals surface area contributed by atoms with Crippen molar-refractivity contribution in [2.24, 2.45) is 0 Å². The Morgan fingerprint density at radius 1 is 1.27 bits per heavy atom. The van der Waals surface area contributed by atoms with Gasteiger partial charge in [-0.2, -0.15) is 0 Å². The van der Waals surface area contributed by atoms with E-state index >= 15 is 0 Å². The average molecular weight is 490 g/mol. The van der Waals surface area contributed by atoms with Gasteiger partial charge in [-0.25, -0.2) is 19.3 Å². The van der Waals surface area contributed by atoms with Crippen LogP contribution >= 0.6 is 27.3 Å². The first-order valence-electron chi connectivity index (χ1n) is 9.77. The molecule has 0 bridgehead atoms. The number of piperidine rings is 1. The first-order chi connectivity index (χ1) is 14.5. The van der Waals surface area contributed by atoms with E-state index in [1.165, 1.54) is 23.5 Å². The summed E-state index contributed by atoms with van der Waals surface area (Å²) in [7, 11) is 0. The van der Waals surface area contributed by atoms with Gasteiger partial charge in [0.05, 0.1) is 14.4 Å². The molecule has 1 N–H and O–H groups in total. The van der Waals surface area contributed by atoms with Crippen molar-refractivity contribution in [3.05, 3.63) is 57.7 Å². The number of aromatic nitrogens is 3. The first-order valence-corrected chi connectivity index (χ1v) is 11.4. The predicted octanol–water partition coefficient (Wildman–Crippen LogP) is 4.92. The van der Waals surface area contributed by atoms with Crippen molar-refractivity contribution in [2.75, 3.05) is 18.4 Å². The second-order valence-corrected chi connectivity index (χ2v) is 9.29. The van der Waals surface area contributed by atoms with E-state index in [1.54, 1.807) is 24.5 Å². The Bertz CT molecular complexity index is 1020. The lowest BCUT2D eigenvalue weighted by Crippen LogP contribution is -2.47. The highest BCUT2D eigenvalue weighted by Gasteiger charge is 2.31. The maximum atomic E-state index is 13.5. The van der Waals surface area contributed by atoms with Gasteiger partial charge < -0.3 is 10.2 Å². The zero-order chi connectivity index (χ0) is 21.1. The summed E-state index contributed by atoms with van der Waals surface area (Å²) in [5, 5.41) is 4.05. The fraction of sp³-hybridized carbons (Fsp3) is 0.333. The predicted molar refractivity (Wildman–Crippen MR) is 119 cm³/mol. The van der Waals surface area contributed by atoms with Crippen LogP contribution in [0.5, 0.6) is 0 Å². The number of nitrogens with zero attached hydrogens (tertiary/aromatic N) is 4. The van der Waals surface area contributed by atoms with Crippen molar-refractivity contribution in [3.63, 3.8) is 0 Å².